The van der Waals surface area contributed by atoms with Crippen molar-refractivity contribution >= 4 is 40.1 Å². The van der Waals surface area contributed by atoms with Gasteiger partial charge in [0.05, 0.1) is 11.1 Å². The van der Waals surface area contributed by atoms with E-state index in [-0.39, 0.29) is 0 Å². The van der Waals surface area contributed by atoms with Gasteiger partial charge >= 0.3 is 5.97 Å². The highest BCUT2D eigenvalue weighted by atomic mass is 35.5. The molecular formula is C23H21ClN2O3. The molecule has 0 saturated carbocycles. The number of benzene rings is 2. The molecule has 1 atom stereocenters. The van der Waals surface area contributed by atoms with Crippen LogP contribution in [0.25, 0.3) is 10.9 Å². The Hall–Kier alpha value is -2.92. The number of rotatable bonds is 4. The van der Waals surface area contributed by atoms with Crippen LogP contribution in [0.3, 0.4) is 0 Å². The lowest BCUT2D eigenvalue weighted by molar-refractivity contribution is -0.123. The Kier molecular flexibility index (Phi) is 5.49. The number of ether oxygens (including phenoxy) is 1. The van der Waals surface area contributed by atoms with Crippen molar-refractivity contribution in [3.63, 3.8) is 0 Å². The summed E-state index contributed by atoms with van der Waals surface area (Å²) >= 11 is 5.87. The Balaban J connectivity index is 1.58. The second kappa shape index (κ2) is 8.21. The quantitative estimate of drug-likeness (QED) is 0.620. The molecule has 148 valence electrons. The molecule has 0 radical (unpaired) electrons. The van der Waals surface area contributed by atoms with Crippen LogP contribution in [-0.4, -0.2) is 23.0 Å². The number of esters is 1. The predicted octanol–water partition coefficient (Wildman–Crippen LogP) is 4.95. The van der Waals surface area contributed by atoms with Gasteiger partial charge in [0, 0.05) is 21.8 Å². The third kappa shape index (κ3) is 4.10. The summed E-state index contributed by atoms with van der Waals surface area (Å²) in [6, 6.07) is 14.3. The number of nitrogens with one attached hydrogen (secondary N) is 1. The minimum absolute atomic E-state index is 0.395. The fraction of sp³-hybridized carbons (Fsp3) is 0.261. The van der Waals surface area contributed by atoms with Gasteiger partial charge in [-0.1, -0.05) is 29.8 Å². The molecule has 0 aliphatic heterocycles. The molecule has 6 heteroatoms. The van der Waals surface area contributed by atoms with Crippen LogP contribution in [0.1, 0.15) is 41.4 Å². The molecule has 2 aromatic carbocycles. The molecule has 0 unspecified atom stereocenters. The fourth-order valence-electron chi connectivity index (χ4n) is 3.66. The molecule has 0 saturated heterocycles. The molecule has 1 aliphatic carbocycles. The number of para-hydroxylation sites is 1. The zero-order valence-corrected chi connectivity index (χ0v) is 16.8. The Morgan fingerprint density at radius 3 is 2.59 bits per heavy atom. The molecule has 1 aromatic heterocycles. The number of aromatic nitrogens is 1. The maximum absolute atomic E-state index is 13.1. The van der Waals surface area contributed by atoms with E-state index < -0.39 is 18.0 Å². The zero-order valence-electron chi connectivity index (χ0n) is 16.1. The molecule has 1 N–H and O–H groups in total. The number of carbonyl (C=O) groups is 2. The summed E-state index contributed by atoms with van der Waals surface area (Å²) in [6.45, 7) is 1.57. The molecular weight excluding hydrogens is 388 g/mol. The van der Waals surface area contributed by atoms with Crippen molar-refractivity contribution in [3.05, 3.63) is 70.4 Å². The van der Waals surface area contributed by atoms with E-state index in [2.05, 4.69) is 5.32 Å². The number of anilines is 1. The molecule has 0 spiro atoms. The van der Waals surface area contributed by atoms with Crippen molar-refractivity contribution in [3.8, 4) is 0 Å². The van der Waals surface area contributed by atoms with Gasteiger partial charge in [-0.05, 0) is 68.5 Å². The van der Waals surface area contributed by atoms with Crippen molar-refractivity contribution in [2.75, 3.05) is 5.32 Å². The highest BCUT2D eigenvalue weighted by molar-refractivity contribution is 6.30. The molecule has 0 bridgehead atoms. The number of carbonyl (C=O) groups excluding carboxylic acids is 2. The van der Waals surface area contributed by atoms with Crippen molar-refractivity contribution in [1.29, 1.82) is 0 Å². The van der Waals surface area contributed by atoms with E-state index in [1.165, 1.54) is 0 Å². The third-order valence-electron chi connectivity index (χ3n) is 5.14. The van der Waals surface area contributed by atoms with Gasteiger partial charge in [-0.15, -0.1) is 0 Å². The minimum atomic E-state index is -0.940. The van der Waals surface area contributed by atoms with Gasteiger partial charge in [-0.25, -0.2) is 4.79 Å². The first-order valence-electron chi connectivity index (χ1n) is 9.71. The molecule has 29 heavy (non-hydrogen) atoms. The summed E-state index contributed by atoms with van der Waals surface area (Å²) in [7, 11) is 0. The molecule has 5 nitrogen and oxygen atoms in total. The van der Waals surface area contributed by atoms with Gasteiger partial charge < -0.3 is 10.1 Å². The molecule has 1 heterocycles. The molecule has 0 fully saturated rings. The maximum Gasteiger partial charge on any atom is 0.339 e. The zero-order chi connectivity index (χ0) is 20.4. The smallest absolute Gasteiger partial charge is 0.339 e. The van der Waals surface area contributed by atoms with Crippen molar-refractivity contribution in [1.82, 2.24) is 4.98 Å². The van der Waals surface area contributed by atoms with Crippen molar-refractivity contribution in [2.45, 2.75) is 38.7 Å². The lowest BCUT2D eigenvalue weighted by atomic mass is 9.90. The number of hydrogen-bond acceptors (Lipinski definition) is 4. The average molecular weight is 409 g/mol. The van der Waals surface area contributed by atoms with Crippen molar-refractivity contribution in [2.24, 2.45) is 0 Å². The first-order chi connectivity index (χ1) is 14.0. The van der Waals surface area contributed by atoms with E-state index in [4.69, 9.17) is 21.3 Å². The van der Waals surface area contributed by atoms with Crippen LogP contribution in [0.5, 0.6) is 0 Å². The standard InChI is InChI=1S/C23H21ClN2O3/c1-14(22(27)25-16-12-10-15(24)11-13-16)29-23(28)21-17-6-2-4-8-19(17)26-20-9-5-3-7-18(20)21/h2,4,6,8,10-14H,3,5,7,9H2,1H3,(H,25,27)/t14-/m1/s1. The highest BCUT2D eigenvalue weighted by Gasteiger charge is 2.26. The number of fused-ring (bicyclic) bond motifs is 2. The van der Waals surface area contributed by atoms with Crippen LogP contribution in [0.2, 0.25) is 5.02 Å². The van der Waals surface area contributed by atoms with Gasteiger partial charge in [-0.3, -0.25) is 9.78 Å². The largest absolute Gasteiger partial charge is 0.449 e. The average Bonchev–Trinajstić information content (AvgIpc) is 2.73. The Morgan fingerprint density at radius 2 is 1.79 bits per heavy atom. The number of hydrogen-bond donors (Lipinski definition) is 1. The van der Waals surface area contributed by atoms with Gasteiger partial charge in [-0.2, -0.15) is 0 Å². The third-order valence-corrected chi connectivity index (χ3v) is 5.39. The van der Waals surface area contributed by atoms with Gasteiger partial charge in [0.25, 0.3) is 5.91 Å². The molecule has 1 aliphatic rings. The topological polar surface area (TPSA) is 68.3 Å². The maximum atomic E-state index is 13.1. The van der Waals surface area contributed by atoms with Crippen LogP contribution >= 0.6 is 11.6 Å². The highest BCUT2D eigenvalue weighted by Crippen LogP contribution is 2.30. The second-order valence-electron chi connectivity index (χ2n) is 7.18. The van der Waals surface area contributed by atoms with Crippen LogP contribution in [0.15, 0.2) is 48.5 Å². The van der Waals surface area contributed by atoms with Gasteiger partial charge in [0.15, 0.2) is 6.10 Å². The summed E-state index contributed by atoms with van der Waals surface area (Å²) in [5, 5.41) is 4.09. The lowest BCUT2D eigenvalue weighted by Crippen LogP contribution is -2.30. The SMILES string of the molecule is C[C@@H](OC(=O)c1c2c(nc3ccccc13)CCCC2)C(=O)Nc1ccc(Cl)cc1. The number of aryl methyl sites for hydroxylation is 1. The second-order valence-corrected chi connectivity index (χ2v) is 7.62. The summed E-state index contributed by atoms with van der Waals surface area (Å²) in [5.41, 5.74) is 3.81. The summed E-state index contributed by atoms with van der Waals surface area (Å²) < 4.78 is 5.56. The van der Waals surface area contributed by atoms with Crippen LogP contribution in [0.4, 0.5) is 5.69 Å². The van der Waals surface area contributed by atoms with E-state index in [9.17, 15) is 9.59 Å². The van der Waals surface area contributed by atoms with Crippen LogP contribution < -0.4 is 5.32 Å². The number of halogens is 1. The predicted molar refractivity (Wildman–Crippen MR) is 113 cm³/mol. The molecule has 3 aromatic rings. The Labute approximate surface area is 174 Å². The monoisotopic (exact) mass is 408 g/mol. The first-order valence-corrected chi connectivity index (χ1v) is 10.1. The van der Waals surface area contributed by atoms with E-state index in [0.29, 0.717) is 16.3 Å². The lowest BCUT2D eigenvalue weighted by Gasteiger charge is -2.21. The van der Waals surface area contributed by atoms with Gasteiger partial charge in [0.2, 0.25) is 0 Å². The number of amides is 1. The van der Waals surface area contributed by atoms with Crippen molar-refractivity contribution < 1.29 is 14.3 Å². The molecule has 1 amide bonds. The Bertz CT molecular complexity index is 1080. The van der Waals surface area contributed by atoms with Gasteiger partial charge in [0.1, 0.15) is 0 Å². The summed E-state index contributed by atoms with van der Waals surface area (Å²) in [4.78, 5) is 30.3. The Morgan fingerprint density at radius 1 is 1.07 bits per heavy atom. The normalized spacial score (nSPS) is 14.1. The number of nitrogens with zero attached hydrogens (tertiary/aromatic N) is 1. The van der Waals surface area contributed by atoms with E-state index in [1.54, 1.807) is 31.2 Å². The number of pyridine rings is 1. The summed E-state index contributed by atoms with van der Waals surface area (Å²) in [6.07, 6.45) is 2.78. The van der Waals surface area contributed by atoms with Crippen LogP contribution in [-0.2, 0) is 22.4 Å². The first kappa shape index (κ1) is 19.4. The molecule has 4 rings (SSSR count). The van der Waals surface area contributed by atoms with Crippen LogP contribution in [0, 0.1) is 0 Å². The van der Waals surface area contributed by atoms with E-state index >= 15 is 0 Å². The van der Waals surface area contributed by atoms with E-state index in [1.807, 2.05) is 24.3 Å². The minimum Gasteiger partial charge on any atom is -0.449 e. The van der Waals surface area contributed by atoms with E-state index in [0.717, 1.165) is 47.8 Å². The summed E-state index contributed by atoms with van der Waals surface area (Å²) in [5.74, 6) is -0.881. The fourth-order valence-corrected chi connectivity index (χ4v) is 3.78.